The Hall–Kier alpha value is -2.18. The van der Waals surface area contributed by atoms with Crippen LogP contribution < -0.4 is 5.32 Å². The molecule has 2 amide bonds. The van der Waals surface area contributed by atoms with Crippen molar-refractivity contribution in [3.8, 4) is 0 Å². The molecule has 21 heavy (non-hydrogen) atoms. The van der Waals surface area contributed by atoms with E-state index in [4.69, 9.17) is 5.11 Å². The highest BCUT2D eigenvalue weighted by Crippen LogP contribution is 2.21. The summed E-state index contributed by atoms with van der Waals surface area (Å²) in [6.45, 7) is 0.772. The lowest BCUT2D eigenvalue weighted by atomic mass is 9.95. The summed E-state index contributed by atoms with van der Waals surface area (Å²) in [5.74, 6) is -2.38. The van der Waals surface area contributed by atoms with Crippen molar-refractivity contribution in [2.24, 2.45) is 5.92 Å². The van der Waals surface area contributed by atoms with E-state index in [-0.39, 0.29) is 18.0 Å². The Balaban J connectivity index is 1.99. The summed E-state index contributed by atoms with van der Waals surface area (Å²) in [5, 5.41) is 11.1. The average molecular weight is 298 g/mol. The number of piperidine rings is 1. The summed E-state index contributed by atoms with van der Waals surface area (Å²) >= 11 is 0. The summed E-state index contributed by atoms with van der Waals surface area (Å²) in [6.07, 6.45) is 1.43. The summed E-state index contributed by atoms with van der Waals surface area (Å²) in [7, 11) is 0. The van der Waals surface area contributed by atoms with Crippen LogP contribution in [-0.2, 0) is 4.79 Å². The van der Waals surface area contributed by atoms with Crippen molar-refractivity contribution >= 4 is 17.7 Å². The number of benzene rings is 1. The molecule has 1 fully saturated rings. The molecule has 0 bridgehead atoms. The molecule has 1 saturated heterocycles. The quantitative estimate of drug-likeness (QED) is 0.901. The molecule has 0 aromatic heterocycles. The lowest BCUT2D eigenvalue weighted by Crippen LogP contribution is -2.42. The van der Waals surface area contributed by atoms with Gasteiger partial charge in [0, 0.05) is 25.6 Å². The smallest absolute Gasteiger partial charge is 0.321 e. The molecule has 1 atom stereocenters. The maximum absolute atomic E-state index is 13.5. The van der Waals surface area contributed by atoms with Crippen LogP contribution in [-0.4, -0.2) is 35.1 Å². The Morgan fingerprint density at radius 3 is 2.86 bits per heavy atom. The molecule has 7 heteroatoms. The lowest BCUT2D eigenvalue weighted by Gasteiger charge is -2.32. The number of carboxylic acid groups (broad SMARTS) is 1. The molecule has 5 nitrogen and oxygen atoms in total. The highest BCUT2D eigenvalue weighted by atomic mass is 19.1. The SMILES string of the molecule is O=C(O)CC1CCCN(C(=O)Nc2cc(F)ccc2F)C1. The van der Waals surface area contributed by atoms with Crippen LogP contribution in [0.1, 0.15) is 19.3 Å². The van der Waals surface area contributed by atoms with Crippen LogP contribution in [0.15, 0.2) is 18.2 Å². The van der Waals surface area contributed by atoms with Gasteiger partial charge in [-0.2, -0.15) is 0 Å². The number of anilines is 1. The van der Waals surface area contributed by atoms with E-state index in [1.807, 2.05) is 0 Å². The minimum Gasteiger partial charge on any atom is -0.481 e. The summed E-state index contributed by atoms with van der Waals surface area (Å²) in [5.41, 5.74) is -0.222. The van der Waals surface area contributed by atoms with Crippen molar-refractivity contribution in [3.63, 3.8) is 0 Å². The molecule has 2 N–H and O–H groups in total. The Kier molecular flexibility index (Phi) is 4.72. The van der Waals surface area contributed by atoms with Crippen LogP contribution in [0.5, 0.6) is 0 Å². The molecular weight excluding hydrogens is 282 g/mol. The van der Waals surface area contributed by atoms with E-state index in [1.54, 1.807) is 0 Å². The minimum atomic E-state index is -0.904. The number of amides is 2. The van der Waals surface area contributed by atoms with Crippen molar-refractivity contribution in [3.05, 3.63) is 29.8 Å². The molecule has 0 spiro atoms. The Bertz CT molecular complexity index is 551. The maximum atomic E-state index is 13.5. The summed E-state index contributed by atoms with van der Waals surface area (Å²) in [4.78, 5) is 24.2. The number of hydrogen-bond donors (Lipinski definition) is 2. The van der Waals surface area contributed by atoms with Gasteiger partial charge in [-0.3, -0.25) is 4.79 Å². The van der Waals surface area contributed by atoms with E-state index in [9.17, 15) is 18.4 Å². The van der Waals surface area contributed by atoms with Gasteiger partial charge in [0.1, 0.15) is 11.6 Å². The zero-order chi connectivity index (χ0) is 15.4. The van der Waals surface area contributed by atoms with Gasteiger partial charge in [-0.1, -0.05) is 0 Å². The van der Waals surface area contributed by atoms with Crippen molar-refractivity contribution in [2.45, 2.75) is 19.3 Å². The third-order valence-electron chi connectivity index (χ3n) is 3.44. The minimum absolute atomic E-state index is 0.00188. The zero-order valence-electron chi connectivity index (χ0n) is 11.3. The van der Waals surface area contributed by atoms with Crippen LogP contribution in [0, 0.1) is 17.6 Å². The first-order chi connectivity index (χ1) is 9.95. The molecule has 1 aliphatic rings. The molecule has 0 saturated carbocycles. The Morgan fingerprint density at radius 2 is 2.14 bits per heavy atom. The topological polar surface area (TPSA) is 69.6 Å². The van der Waals surface area contributed by atoms with Gasteiger partial charge in [0.25, 0.3) is 0 Å². The molecule has 114 valence electrons. The van der Waals surface area contributed by atoms with Gasteiger partial charge >= 0.3 is 12.0 Å². The molecule has 1 aliphatic heterocycles. The number of halogens is 2. The van der Waals surface area contributed by atoms with Crippen LogP contribution in [0.4, 0.5) is 19.3 Å². The molecule has 0 aliphatic carbocycles. The first-order valence-corrected chi connectivity index (χ1v) is 6.68. The fourth-order valence-corrected chi connectivity index (χ4v) is 2.45. The van der Waals surface area contributed by atoms with Gasteiger partial charge in [-0.05, 0) is 30.9 Å². The number of nitrogens with one attached hydrogen (secondary N) is 1. The second-order valence-electron chi connectivity index (χ2n) is 5.11. The highest BCUT2D eigenvalue weighted by Gasteiger charge is 2.25. The number of urea groups is 1. The molecule has 2 rings (SSSR count). The normalized spacial score (nSPS) is 18.4. The van der Waals surface area contributed by atoms with Crippen LogP contribution in [0.25, 0.3) is 0 Å². The Morgan fingerprint density at radius 1 is 1.38 bits per heavy atom. The van der Waals surface area contributed by atoms with E-state index in [1.165, 1.54) is 4.90 Å². The third kappa shape index (κ3) is 4.14. The number of carboxylic acids is 1. The number of carbonyl (C=O) groups excluding carboxylic acids is 1. The number of nitrogens with zero attached hydrogens (tertiary/aromatic N) is 1. The second-order valence-corrected chi connectivity index (χ2v) is 5.11. The lowest BCUT2D eigenvalue weighted by molar-refractivity contribution is -0.138. The van der Waals surface area contributed by atoms with Gasteiger partial charge in [0.2, 0.25) is 0 Å². The molecule has 1 aromatic rings. The monoisotopic (exact) mass is 298 g/mol. The van der Waals surface area contributed by atoms with E-state index < -0.39 is 23.6 Å². The predicted molar refractivity (Wildman–Crippen MR) is 71.9 cm³/mol. The average Bonchev–Trinajstić information content (AvgIpc) is 2.42. The number of carbonyl (C=O) groups is 2. The van der Waals surface area contributed by atoms with E-state index in [0.29, 0.717) is 19.5 Å². The molecule has 0 radical (unpaired) electrons. The van der Waals surface area contributed by atoms with Crippen LogP contribution >= 0.6 is 0 Å². The third-order valence-corrected chi connectivity index (χ3v) is 3.44. The Labute approximate surface area is 120 Å². The van der Waals surface area contributed by atoms with Gasteiger partial charge in [0.05, 0.1) is 5.69 Å². The second kappa shape index (κ2) is 6.51. The first kappa shape index (κ1) is 15.2. The number of rotatable bonds is 3. The highest BCUT2D eigenvalue weighted by molar-refractivity contribution is 5.89. The van der Waals surface area contributed by atoms with E-state index in [0.717, 1.165) is 24.6 Å². The largest absolute Gasteiger partial charge is 0.481 e. The maximum Gasteiger partial charge on any atom is 0.321 e. The van der Waals surface area contributed by atoms with Gasteiger partial charge in [0.15, 0.2) is 0 Å². The van der Waals surface area contributed by atoms with Crippen molar-refractivity contribution in [1.29, 1.82) is 0 Å². The summed E-state index contributed by atoms with van der Waals surface area (Å²) in [6, 6.07) is 2.27. The summed E-state index contributed by atoms with van der Waals surface area (Å²) < 4.78 is 26.5. The van der Waals surface area contributed by atoms with Crippen molar-refractivity contribution < 1.29 is 23.5 Å². The van der Waals surface area contributed by atoms with Gasteiger partial charge in [-0.15, -0.1) is 0 Å². The van der Waals surface area contributed by atoms with E-state index in [2.05, 4.69) is 5.32 Å². The van der Waals surface area contributed by atoms with Gasteiger partial charge in [-0.25, -0.2) is 13.6 Å². The fraction of sp³-hybridized carbons (Fsp3) is 0.429. The molecular formula is C14H16F2N2O3. The molecule has 1 unspecified atom stereocenters. The van der Waals surface area contributed by atoms with Gasteiger partial charge < -0.3 is 15.3 Å². The van der Waals surface area contributed by atoms with Crippen LogP contribution in [0.2, 0.25) is 0 Å². The van der Waals surface area contributed by atoms with Crippen molar-refractivity contribution in [2.75, 3.05) is 18.4 Å². The first-order valence-electron chi connectivity index (χ1n) is 6.68. The van der Waals surface area contributed by atoms with E-state index >= 15 is 0 Å². The fourth-order valence-electron chi connectivity index (χ4n) is 2.45. The zero-order valence-corrected chi connectivity index (χ0v) is 11.3. The number of likely N-dealkylation sites (tertiary alicyclic amines) is 1. The number of aliphatic carboxylic acids is 1. The number of hydrogen-bond acceptors (Lipinski definition) is 2. The van der Waals surface area contributed by atoms with Crippen LogP contribution in [0.3, 0.4) is 0 Å². The predicted octanol–water partition coefficient (Wildman–Crippen LogP) is 2.68. The standard InChI is InChI=1S/C14H16F2N2O3/c15-10-3-4-11(16)12(7-10)17-14(21)18-5-1-2-9(8-18)6-13(19)20/h3-4,7,9H,1-2,5-6,8H2,(H,17,21)(H,19,20). The molecule has 1 heterocycles. The van der Waals surface area contributed by atoms with Crippen molar-refractivity contribution in [1.82, 2.24) is 4.90 Å². The molecule has 1 aromatic carbocycles.